The van der Waals surface area contributed by atoms with Gasteiger partial charge in [0.25, 0.3) is 0 Å². The molecule has 0 heterocycles. The van der Waals surface area contributed by atoms with Gasteiger partial charge >= 0.3 is 5.97 Å². The topological polar surface area (TPSA) is 26.3 Å². The predicted molar refractivity (Wildman–Crippen MR) is 47.7 cm³/mol. The normalized spacial score (nSPS) is 16.5. The largest absolute Gasteiger partial charge is 0.465 e. The highest BCUT2D eigenvalue weighted by Gasteiger charge is 2.13. The predicted octanol–water partition coefficient (Wildman–Crippen LogP) is 2.22. The lowest BCUT2D eigenvalue weighted by atomic mass is 9.96. The van der Waals surface area contributed by atoms with E-state index in [9.17, 15) is 4.79 Å². The highest BCUT2D eigenvalue weighted by molar-refractivity contribution is 5.92. The van der Waals surface area contributed by atoms with Crippen LogP contribution in [0.25, 0.3) is 0 Å². The minimum absolute atomic E-state index is 0.206. The summed E-state index contributed by atoms with van der Waals surface area (Å²) in [5.74, 6) is -0.206. The molecule has 0 unspecified atom stereocenters. The Balaban J connectivity index is 2.88. The highest BCUT2D eigenvalue weighted by atomic mass is 16.5. The van der Waals surface area contributed by atoms with Gasteiger partial charge in [0.2, 0.25) is 0 Å². The third kappa shape index (κ3) is 1.76. The van der Waals surface area contributed by atoms with Crippen molar-refractivity contribution in [2.75, 3.05) is 7.11 Å². The number of ether oxygens (including phenoxy) is 1. The smallest absolute Gasteiger partial charge is 0.337 e. The van der Waals surface area contributed by atoms with Gasteiger partial charge in [0.05, 0.1) is 12.7 Å². The van der Waals surface area contributed by atoms with E-state index in [-0.39, 0.29) is 5.97 Å². The number of hydrogen-bond donors (Lipinski definition) is 0. The average molecular weight is 166 g/mol. The number of carbonyl (C=O) groups excluding carboxylic acids is 1. The molecule has 0 fully saturated rings. The molecule has 0 radical (unpaired) electrons. The molecule has 12 heavy (non-hydrogen) atoms. The number of hydrogen-bond acceptors (Lipinski definition) is 2. The maximum Gasteiger partial charge on any atom is 0.337 e. The van der Waals surface area contributed by atoms with Crippen LogP contribution >= 0.6 is 0 Å². The van der Waals surface area contributed by atoms with Gasteiger partial charge in [-0.3, -0.25) is 0 Å². The van der Waals surface area contributed by atoms with Crippen LogP contribution < -0.4 is 0 Å². The molecule has 0 spiro atoms. The molecule has 0 aliphatic heterocycles. The van der Waals surface area contributed by atoms with Crippen molar-refractivity contribution < 1.29 is 9.53 Å². The van der Waals surface area contributed by atoms with Crippen LogP contribution in [0.3, 0.4) is 0 Å². The zero-order valence-corrected chi connectivity index (χ0v) is 7.59. The third-order valence-electron chi connectivity index (χ3n) is 2.11. The summed E-state index contributed by atoms with van der Waals surface area (Å²) in [6.07, 6.45) is 6.87. The maximum absolute atomic E-state index is 11.2. The molecule has 0 saturated carbocycles. The van der Waals surface area contributed by atoms with Gasteiger partial charge in [-0.05, 0) is 19.3 Å². The van der Waals surface area contributed by atoms with Crippen molar-refractivity contribution in [1.29, 1.82) is 0 Å². The van der Waals surface area contributed by atoms with Crippen molar-refractivity contribution in [3.05, 3.63) is 23.3 Å². The van der Waals surface area contributed by atoms with E-state index >= 15 is 0 Å². The van der Waals surface area contributed by atoms with Crippen LogP contribution in [0.4, 0.5) is 0 Å². The zero-order valence-electron chi connectivity index (χ0n) is 7.59. The lowest BCUT2D eigenvalue weighted by Crippen LogP contribution is -2.08. The van der Waals surface area contributed by atoms with Gasteiger partial charge in [-0.15, -0.1) is 0 Å². The Morgan fingerprint density at radius 1 is 1.67 bits per heavy atom. The van der Waals surface area contributed by atoms with Gasteiger partial charge in [-0.25, -0.2) is 4.79 Å². The first-order valence-electron chi connectivity index (χ1n) is 4.26. The molecule has 0 aromatic heterocycles. The van der Waals surface area contributed by atoms with Crippen molar-refractivity contribution in [1.82, 2.24) is 0 Å². The van der Waals surface area contributed by atoms with Crippen molar-refractivity contribution in [2.45, 2.75) is 26.2 Å². The van der Waals surface area contributed by atoms with Crippen molar-refractivity contribution in [3.63, 3.8) is 0 Å². The highest BCUT2D eigenvalue weighted by Crippen LogP contribution is 2.22. The lowest BCUT2D eigenvalue weighted by Gasteiger charge is -2.12. The summed E-state index contributed by atoms with van der Waals surface area (Å²) < 4.78 is 4.67. The first-order chi connectivity index (χ1) is 5.79. The number of allylic oxidation sites excluding steroid dienone is 2. The molecule has 0 saturated heterocycles. The van der Waals surface area contributed by atoms with Crippen LogP contribution in [0.2, 0.25) is 0 Å². The van der Waals surface area contributed by atoms with Crippen molar-refractivity contribution in [3.8, 4) is 0 Å². The first-order valence-corrected chi connectivity index (χ1v) is 4.26. The second-order valence-corrected chi connectivity index (χ2v) is 2.80. The maximum atomic E-state index is 11.2. The van der Waals surface area contributed by atoms with Crippen LogP contribution in [-0.2, 0) is 9.53 Å². The summed E-state index contributed by atoms with van der Waals surface area (Å²) in [7, 11) is 1.42. The Morgan fingerprint density at radius 2 is 2.42 bits per heavy atom. The second kappa shape index (κ2) is 4.10. The molecule has 1 aliphatic rings. The standard InChI is InChI=1S/C10H14O2/c1-3-8-6-4-5-7-9(8)10(11)12-2/h5,7H,3-4,6H2,1-2H3. The van der Waals surface area contributed by atoms with Crippen LogP contribution in [-0.4, -0.2) is 13.1 Å². The Bertz CT molecular complexity index is 236. The molecule has 2 heteroatoms. The van der Waals surface area contributed by atoms with Gasteiger partial charge in [0.15, 0.2) is 0 Å². The minimum atomic E-state index is -0.206. The number of rotatable bonds is 2. The quantitative estimate of drug-likeness (QED) is 0.588. The Hall–Kier alpha value is -1.05. The fourth-order valence-corrected chi connectivity index (χ4v) is 1.40. The van der Waals surface area contributed by atoms with Crippen molar-refractivity contribution >= 4 is 5.97 Å². The second-order valence-electron chi connectivity index (χ2n) is 2.80. The molecule has 1 aliphatic carbocycles. The van der Waals surface area contributed by atoms with Crippen LogP contribution in [0.15, 0.2) is 23.3 Å². The molecule has 1 rings (SSSR count). The zero-order chi connectivity index (χ0) is 8.97. The van der Waals surface area contributed by atoms with E-state index in [1.807, 2.05) is 12.2 Å². The van der Waals surface area contributed by atoms with E-state index in [1.165, 1.54) is 12.7 Å². The Kier molecular flexibility index (Phi) is 3.09. The third-order valence-corrected chi connectivity index (χ3v) is 2.11. The number of methoxy groups -OCH3 is 1. The first kappa shape index (κ1) is 9.04. The minimum Gasteiger partial charge on any atom is -0.465 e. The van der Waals surface area contributed by atoms with Gasteiger partial charge in [-0.2, -0.15) is 0 Å². The summed E-state index contributed by atoms with van der Waals surface area (Å²) >= 11 is 0. The number of esters is 1. The Morgan fingerprint density at radius 3 is 3.00 bits per heavy atom. The molecule has 0 amide bonds. The van der Waals surface area contributed by atoms with E-state index in [4.69, 9.17) is 0 Å². The molecule has 0 N–H and O–H groups in total. The summed E-state index contributed by atoms with van der Waals surface area (Å²) in [6.45, 7) is 2.07. The number of carbonyl (C=O) groups is 1. The van der Waals surface area contributed by atoms with Gasteiger partial charge in [0, 0.05) is 0 Å². The molecular formula is C10H14O2. The fourth-order valence-electron chi connectivity index (χ4n) is 1.40. The summed E-state index contributed by atoms with van der Waals surface area (Å²) in [6, 6.07) is 0. The van der Waals surface area contributed by atoms with Gasteiger partial charge < -0.3 is 4.74 Å². The Labute approximate surface area is 72.9 Å². The van der Waals surface area contributed by atoms with E-state index in [0.29, 0.717) is 0 Å². The van der Waals surface area contributed by atoms with Crippen LogP contribution in [0.1, 0.15) is 26.2 Å². The lowest BCUT2D eigenvalue weighted by molar-refractivity contribution is -0.135. The molecule has 0 aromatic carbocycles. The van der Waals surface area contributed by atoms with Gasteiger partial charge in [0.1, 0.15) is 0 Å². The molecule has 2 nitrogen and oxygen atoms in total. The van der Waals surface area contributed by atoms with E-state index < -0.39 is 0 Å². The molecular weight excluding hydrogens is 152 g/mol. The summed E-state index contributed by atoms with van der Waals surface area (Å²) in [4.78, 5) is 11.2. The fraction of sp³-hybridized carbons (Fsp3) is 0.500. The van der Waals surface area contributed by atoms with Crippen LogP contribution in [0, 0.1) is 0 Å². The van der Waals surface area contributed by atoms with E-state index in [2.05, 4.69) is 11.7 Å². The molecule has 0 bridgehead atoms. The molecule has 0 aromatic rings. The summed E-state index contributed by atoms with van der Waals surface area (Å²) in [5, 5.41) is 0. The van der Waals surface area contributed by atoms with Gasteiger partial charge in [-0.1, -0.05) is 24.6 Å². The monoisotopic (exact) mass is 166 g/mol. The van der Waals surface area contributed by atoms with Crippen molar-refractivity contribution in [2.24, 2.45) is 0 Å². The summed E-state index contributed by atoms with van der Waals surface area (Å²) in [5.41, 5.74) is 1.97. The average Bonchev–Trinajstić information content (AvgIpc) is 2.16. The SMILES string of the molecule is CCC1=C(C(=O)OC)C=CCC1. The van der Waals surface area contributed by atoms with E-state index in [0.717, 1.165) is 24.8 Å². The molecule has 66 valence electrons. The van der Waals surface area contributed by atoms with E-state index in [1.54, 1.807) is 0 Å². The van der Waals surface area contributed by atoms with Crippen LogP contribution in [0.5, 0.6) is 0 Å². The molecule has 0 atom stereocenters.